The minimum atomic E-state index is 0.492. The molecule has 0 aliphatic heterocycles. The van der Waals surface area contributed by atoms with E-state index >= 15 is 0 Å². The number of nitrogen functional groups attached to an aromatic ring is 1. The Morgan fingerprint density at radius 2 is 1.43 bits per heavy atom. The van der Waals surface area contributed by atoms with Gasteiger partial charge in [-0.2, -0.15) is 9.61 Å². The third kappa shape index (κ3) is 2.14. The van der Waals surface area contributed by atoms with Gasteiger partial charge in [0, 0.05) is 5.56 Å². The fraction of sp³-hybridized carbons (Fsp3) is 0.0556. The Balaban J connectivity index is 1.97. The summed E-state index contributed by atoms with van der Waals surface area (Å²) in [6.45, 7) is 1.96. The minimum Gasteiger partial charge on any atom is -0.382 e. The number of hydrogen-bond acceptors (Lipinski definition) is 4. The van der Waals surface area contributed by atoms with Gasteiger partial charge < -0.3 is 5.73 Å². The molecule has 2 N–H and O–H groups in total. The number of anilines is 1. The standard InChI is InChI=1S/C18H15N5/c1-12-15(13-8-4-2-5-9-13)18-21-20-16(17(19)23(18)22-12)14-10-6-3-7-11-14/h2-11H,19H2,1H3. The van der Waals surface area contributed by atoms with Crippen molar-refractivity contribution in [1.82, 2.24) is 19.8 Å². The van der Waals surface area contributed by atoms with E-state index in [1.807, 2.05) is 67.6 Å². The first-order chi connectivity index (χ1) is 11.3. The van der Waals surface area contributed by atoms with Crippen LogP contribution >= 0.6 is 0 Å². The van der Waals surface area contributed by atoms with Crippen molar-refractivity contribution in [3.8, 4) is 22.4 Å². The Bertz CT molecular complexity index is 975. The number of nitrogens with zero attached hydrogens (tertiary/aromatic N) is 4. The topological polar surface area (TPSA) is 69.1 Å². The lowest BCUT2D eigenvalue weighted by atomic mass is 10.1. The molecule has 2 heterocycles. The summed E-state index contributed by atoms with van der Waals surface area (Å²) in [5.74, 6) is 0.492. The number of nitrogens with two attached hydrogens (primary N) is 1. The molecule has 0 saturated heterocycles. The maximum atomic E-state index is 6.31. The van der Waals surface area contributed by atoms with Crippen LogP contribution in [0.1, 0.15) is 5.69 Å². The van der Waals surface area contributed by atoms with Gasteiger partial charge in [0.1, 0.15) is 5.69 Å². The maximum absolute atomic E-state index is 6.31. The van der Waals surface area contributed by atoms with Gasteiger partial charge in [0.05, 0.1) is 11.3 Å². The van der Waals surface area contributed by atoms with Crippen molar-refractivity contribution in [1.29, 1.82) is 0 Å². The van der Waals surface area contributed by atoms with E-state index in [4.69, 9.17) is 5.73 Å². The number of rotatable bonds is 2. The first kappa shape index (κ1) is 13.5. The molecule has 0 aliphatic rings. The van der Waals surface area contributed by atoms with Gasteiger partial charge in [0.2, 0.25) is 0 Å². The molecule has 112 valence electrons. The van der Waals surface area contributed by atoms with Crippen LogP contribution in [0.4, 0.5) is 5.82 Å². The molecule has 5 heteroatoms. The zero-order chi connectivity index (χ0) is 15.8. The summed E-state index contributed by atoms with van der Waals surface area (Å²) in [4.78, 5) is 0. The van der Waals surface area contributed by atoms with Crippen molar-refractivity contribution < 1.29 is 0 Å². The van der Waals surface area contributed by atoms with Gasteiger partial charge >= 0.3 is 0 Å². The summed E-state index contributed by atoms with van der Waals surface area (Å²) in [5.41, 5.74) is 11.4. The van der Waals surface area contributed by atoms with Crippen LogP contribution in [0.25, 0.3) is 28.0 Å². The maximum Gasteiger partial charge on any atom is 0.187 e. The normalized spacial score (nSPS) is 11.0. The van der Waals surface area contributed by atoms with E-state index < -0.39 is 0 Å². The fourth-order valence-corrected chi connectivity index (χ4v) is 2.77. The lowest BCUT2D eigenvalue weighted by Crippen LogP contribution is -2.05. The smallest absolute Gasteiger partial charge is 0.187 e. The number of aryl methyl sites for hydroxylation is 1. The average Bonchev–Trinajstić information content (AvgIpc) is 2.94. The highest BCUT2D eigenvalue weighted by Gasteiger charge is 2.17. The largest absolute Gasteiger partial charge is 0.382 e. The third-order valence-electron chi connectivity index (χ3n) is 3.86. The van der Waals surface area contributed by atoms with Crippen molar-refractivity contribution in [3.63, 3.8) is 0 Å². The van der Waals surface area contributed by atoms with Gasteiger partial charge in [-0.25, -0.2) is 0 Å². The number of aromatic nitrogens is 4. The van der Waals surface area contributed by atoms with Crippen molar-refractivity contribution in [2.75, 3.05) is 5.73 Å². The molecule has 4 rings (SSSR count). The van der Waals surface area contributed by atoms with Crippen molar-refractivity contribution in [3.05, 3.63) is 66.4 Å². The van der Waals surface area contributed by atoms with Crippen molar-refractivity contribution in [2.45, 2.75) is 6.92 Å². The van der Waals surface area contributed by atoms with Crippen LogP contribution in [0.2, 0.25) is 0 Å². The summed E-state index contributed by atoms with van der Waals surface area (Å²) < 4.78 is 1.67. The van der Waals surface area contributed by atoms with Gasteiger partial charge in [-0.15, -0.1) is 10.2 Å². The highest BCUT2D eigenvalue weighted by molar-refractivity contribution is 5.82. The second-order valence-corrected chi connectivity index (χ2v) is 5.36. The number of fused-ring (bicyclic) bond motifs is 1. The lowest BCUT2D eigenvalue weighted by Gasteiger charge is -2.06. The highest BCUT2D eigenvalue weighted by Crippen LogP contribution is 2.30. The molecule has 0 amide bonds. The number of hydrogen-bond donors (Lipinski definition) is 1. The predicted molar refractivity (Wildman–Crippen MR) is 90.8 cm³/mol. The fourth-order valence-electron chi connectivity index (χ4n) is 2.77. The summed E-state index contributed by atoms with van der Waals surface area (Å²) in [6, 6.07) is 19.8. The highest BCUT2D eigenvalue weighted by atomic mass is 15.3. The van der Waals surface area contributed by atoms with E-state index in [0.717, 1.165) is 22.4 Å². The molecule has 2 aromatic carbocycles. The van der Waals surface area contributed by atoms with Gasteiger partial charge in [0.25, 0.3) is 0 Å². The monoisotopic (exact) mass is 301 g/mol. The van der Waals surface area contributed by atoms with E-state index in [1.54, 1.807) is 4.52 Å². The lowest BCUT2D eigenvalue weighted by molar-refractivity contribution is 0.893. The van der Waals surface area contributed by atoms with Crippen molar-refractivity contribution >= 4 is 11.5 Å². The molecule has 0 radical (unpaired) electrons. The molecule has 0 saturated carbocycles. The molecule has 2 aromatic heterocycles. The molecular formula is C18H15N5. The first-order valence-corrected chi connectivity index (χ1v) is 7.38. The van der Waals surface area contributed by atoms with E-state index in [0.29, 0.717) is 17.2 Å². The second-order valence-electron chi connectivity index (χ2n) is 5.36. The van der Waals surface area contributed by atoms with E-state index in [-0.39, 0.29) is 0 Å². The molecular weight excluding hydrogens is 286 g/mol. The summed E-state index contributed by atoms with van der Waals surface area (Å²) in [6.07, 6.45) is 0. The molecule has 0 aliphatic carbocycles. The average molecular weight is 301 g/mol. The van der Waals surface area contributed by atoms with Crippen LogP contribution in [0.5, 0.6) is 0 Å². The van der Waals surface area contributed by atoms with Gasteiger partial charge in [0.15, 0.2) is 11.5 Å². The Morgan fingerprint density at radius 1 is 0.826 bits per heavy atom. The molecule has 0 unspecified atom stereocenters. The van der Waals surface area contributed by atoms with Gasteiger partial charge in [-0.1, -0.05) is 60.7 Å². The zero-order valence-electron chi connectivity index (χ0n) is 12.6. The SMILES string of the molecule is Cc1nn2c(N)c(-c3ccccc3)nnc2c1-c1ccccc1. The molecule has 0 fully saturated rings. The second kappa shape index (κ2) is 5.21. The van der Waals surface area contributed by atoms with Crippen LogP contribution in [0.3, 0.4) is 0 Å². The summed E-state index contributed by atoms with van der Waals surface area (Å²) >= 11 is 0. The van der Waals surface area contributed by atoms with E-state index in [9.17, 15) is 0 Å². The van der Waals surface area contributed by atoms with Crippen LogP contribution in [0, 0.1) is 6.92 Å². The van der Waals surface area contributed by atoms with E-state index in [1.165, 1.54) is 0 Å². The third-order valence-corrected chi connectivity index (χ3v) is 3.86. The summed E-state index contributed by atoms with van der Waals surface area (Å²) in [7, 11) is 0. The Labute approximate surface area is 133 Å². The molecule has 5 nitrogen and oxygen atoms in total. The quantitative estimate of drug-likeness (QED) is 0.616. The first-order valence-electron chi connectivity index (χ1n) is 7.38. The van der Waals surface area contributed by atoms with Gasteiger partial charge in [-0.3, -0.25) is 0 Å². The van der Waals surface area contributed by atoms with Crippen LogP contribution < -0.4 is 5.73 Å². The summed E-state index contributed by atoms with van der Waals surface area (Å²) in [5, 5.41) is 13.3. The predicted octanol–water partition coefficient (Wildman–Crippen LogP) is 3.35. The molecule has 0 bridgehead atoms. The van der Waals surface area contributed by atoms with Crippen LogP contribution in [0.15, 0.2) is 60.7 Å². The molecule has 4 aromatic rings. The Morgan fingerprint density at radius 3 is 2.09 bits per heavy atom. The number of benzene rings is 2. The minimum absolute atomic E-state index is 0.492. The Hall–Kier alpha value is -3.21. The van der Waals surface area contributed by atoms with Crippen LogP contribution in [-0.4, -0.2) is 19.8 Å². The van der Waals surface area contributed by atoms with Crippen molar-refractivity contribution in [2.24, 2.45) is 0 Å². The zero-order valence-corrected chi connectivity index (χ0v) is 12.6. The molecule has 0 atom stereocenters. The Kier molecular flexibility index (Phi) is 3.05. The van der Waals surface area contributed by atoms with E-state index in [2.05, 4.69) is 15.3 Å². The van der Waals surface area contributed by atoms with Gasteiger partial charge in [-0.05, 0) is 12.5 Å². The van der Waals surface area contributed by atoms with Crippen LogP contribution in [-0.2, 0) is 0 Å². The molecule has 23 heavy (non-hydrogen) atoms. The molecule has 0 spiro atoms.